The van der Waals surface area contributed by atoms with Gasteiger partial charge in [-0.2, -0.15) is 5.06 Å². The van der Waals surface area contributed by atoms with Gasteiger partial charge in [-0.3, -0.25) is 4.84 Å². The molecule has 2 aliphatic rings. The fourth-order valence-electron chi connectivity index (χ4n) is 3.15. The summed E-state index contributed by atoms with van der Waals surface area (Å²) in [5.74, 6) is 0. The van der Waals surface area contributed by atoms with E-state index in [2.05, 4.69) is 29.3 Å². The van der Waals surface area contributed by atoms with Gasteiger partial charge in [0.25, 0.3) is 0 Å². The molecule has 0 amide bonds. The number of hydrogen-bond donors (Lipinski definition) is 0. The molecule has 17 heavy (non-hydrogen) atoms. The van der Waals surface area contributed by atoms with Gasteiger partial charge in [-0.1, -0.05) is 49.6 Å². The zero-order chi connectivity index (χ0) is 11.6. The van der Waals surface area contributed by atoms with Gasteiger partial charge in [0.2, 0.25) is 0 Å². The van der Waals surface area contributed by atoms with Crippen molar-refractivity contribution in [2.24, 2.45) is 5.41 Å². The molecule has 0 N–H and O–H groups in total. The van der Waals surface area contributed by atoms with E-state index in [1.54, 1.807) is 0 Å². The molecule has 3 rings (SSSR count). The fourth-order valence-corrected chi connectivity index (χ4v) is 3.15. The lowest BCUT2D eigenvalue weighted by atomic mass is 9.70. The van der Waals surface area contributed by atoms with E-state index in [1.165, 1.54) is 37.7 Å². The molecule has 0 atom stereocenters. The van der Waals surface area contributed by atoms with Crippen LogP contribution in [0.15, 0.2) is 30.3 Å². The summed E-state index contributed by atoms with van der Waals surface area (Å²) in [6.45, 7) is 3.02. The van der Waals surface area contributed by atoms with Crippen molar-refractivity contribution in [1.82, 2.24) is 5.06 Å². The fraction of sp³-hybridized carbons (Fsp3) is 0.600. The van der Waals surface area contributed by atoms with Crippen molar-refractivity contribution >= 4 is 0 Å². The second-order valence-corrected chi connectivity index (χ2v) is 5.62. The van der Waals surface area contributed by atoms with Crippen molar-refractivity contribution in [1.29, 1.82) is 0 Å². The highest BCUT2D eigenvalue weighted by molar-refractivity contribution is 5.13. The van der Waals surface area contributed by atoms with Crippen LogP contribution in [0.4, 0.5) is 0 Å². The second-order valence-electron chi connectivity index (χ2n) is 5.62. The van der Waals surface area contributed by atoms with Crippen molar-refractivity contribution < 1.29 is 4.84 Å². The number of hydroxylamine groups is 2. The quantitative estimate of drug-likeness (QED) is 0.790. The summed E-state index contributed by atoms with van der Waals surface area (Å²) in [4.78, 5) is 5.82. The molecule has 2 heteroatoms. The predicted molar refractivity (Wildman–Crippen MR) is 68.3 cm³/mol. The normalized spacial score (nSPS) is 23.5. The minimum atomic E-state index is 0.620. The lowest BCUT2D eigenvalue weighted by molar-refractivity contribution is -0.263. The highest BCUT2D eigenvalue weighted by Gasteiger charge is 2.43. The minimum Gasteiger partial charge on any atom is -0.294 e. The first kappa shape index (κ1) is 11.2. The van der Waals surface area contributed by atoms with E-state index in [4.69, 9.17) is 4.84 Å². The first-order valence-electron chi connectivity index (χ1n) is 6.78. The molecule has 1 aliphatic carbocycles. The van der Waals surface area contributed by atoms with E-state index < -0.39 is 0 Å². The van der Waals surface area contributed by atoms with E-state index >= 15 is 0 Å². The maximum Gasteiger partial charge on any atom is 0.0935 e. The highest BCUT2D eigenvalue weighted by Crippen LogP contribution is 2.43. The summed E-state index contributed by atoms with van der Waals surface area (Å²) >= 11 is 0. The highest BCUT2D eigenvalue weighted by atomic mass is 16.7. The molecule has 1 aliphatic heterocycles. The van der Waals surface area contributed by atoms with Crippen LogP contribution in [0.3, 0.4) is 0 Å². The van der Waals surface area contributed by atoms with Crippen LogP contribution in [0, 0.1) is 5.41 Å². The van der Waals surface area contributed by atoms with Crippen LogP contribution in [-0.2, 0) is 11.4 Å². The number of rotatable bonds is 3. The molecule has 92 valence electrons. The average Bonchev–Trinajstić information content (AvgIpc) is 2.36. The lowest BCUT2D eigenvalue weighted by Gasteiger charge is -2.51. The molecular weight excluding hydrogens is 210 g/mol. The summed E-state index contributed by atoms with van der Waals surface area (Å²) in [5, 5.41) is 2.15. The molecular formula is C15H21NO. The Morgan fingerprint density at radius 3 is 2.41 bits per heavy atom. The first-order chi connectivity index (χ1) is 8.36. The Hall–Kier alpha value is -0.860. The van der Waals surface area contributed by atoms with E-state index in [0.717, 1.165) is 19.7 Å². The van der Waals surface area contributed by atoms with E-state index in [-0.39, 0.29) is 0 Å². The van der Waals surface area contributed by atoms with Gasteiger partial charge in [-0.05, 0) is 18.4 Å². The first-order valence-corrected chi connectivity index (χ1v) is 6.78. The van der Waals surface area contributed by atoms with Crippen molar-refractivity contribution in [2.75, 3.05) is 13.1 Å². The van der Waals surface area contributed by atoms with Crippen molar-refractivity contribution in [2.45, 2.75) is 38.7 Å². The maximum absolute atomic E-state index is 5.82. The summed E-state index contributed by atoms with van der Waals surface area (Å²) < 4.78 is 0. The Bertz CT molecular complexity index is 348. The van der Waals surface area contributed by atoms with Crippen molar-refractivity contribution in [3.05, 3.63) is 35.9 Å². The topological polar surface area (TPSA) is 12.5 Å². The third-order valence-electron chi connectivity index (χ3n) is 4.19. The summed E-state index contributed by atoms with van der Waals surface area (Å²) in [6, 6.07) is 10.4. The van der Waals surface area contributed by atoms with E-state index in [9.17, 15) is 0 Å². The van der Waals surface area contributed by atoms with Crippen LogP contribution in [-0.4, -0.2) is 18.2 Å². The average molecular weight is 231 g/mol. The summed E-state index contributed by atoms with van der Waals surface area (Å²) in [5.41, 5.74) is 1.88. The minimum absolute atomic E-state index is 0.620. The molecule has 1 aromatic rings. The zero-order valence-corrected chi connectivity index (χ0v) is 10.4. The molecule has 1 saturated heterocycles. The molecule has 0 bridgehead atoms. The van der Waals surface area contributed by atoms with Gasteiger partial charge >= 0.3 is 0 Å². The second kappa shape index (κ2) is 4.79. The SMILES string of the molecule is c1ccc(CON2CC3(CCCCC3)C2)cc1. The standard InChI is InChI=1S/C15H21NO/c1-3-7-14(8-4-1)11-17-16-12-15(13-16)9-5-2-6-10-15/h1,3-4,7-8H,2,5-6,9-13H2. The van der Waals surface area contributed by atoms with Gasteiger partial charge in [0.05, 0.1) is 6.61 Å². The lowest BCUT2D eigenvalue weighted by Crippen LogP contribution is -2.56. The van der Waals surface area contributed by atoms with Gasteiger partial charge in [0.1, 0.15) is 0 Å². The summed E-state index contributed by atoms with van der Waals surface area (Å²) in [6.07, 6.45) is 7.11. The Morgan fingerprint density at radius 2 is 1.71 bits per heavy atom. The van der Waals surface area contributed by atoms with Crippen LogP contribution in [0.25, 0.3) is 0 Å². The maximum atomic E-state index is 5.82. The third kappa shape index (κ3) is 2.53. The van der Waals surface area contributed by atoms with Crippen molar-refractivity contribution in [3.8, 4) is 0 Å². The van der Waals surface area contributed by atoms with Crippen LogP contribution < -0.4 is 0 Å². The molecule has 0 aromatic heterocycles. The largest absolute Gasteiger partial charge is 0.294 e. The van der Waals surface area contributed by atoms with Gasteiger partial charge in [0, 0.05) is 18.5 Å². The van der Waals surface area contributed by atoms with Crippen LogP contribution in [0.5, 0.6) is 0 Å². The number of hydrogen-bond acceptors (Lipinski definition) is 2. The molecule has 1 saturated carbocycles. The Labute approximate surface area is 104 Å². The van der Waals surface area contributed by atoms with Crippen LogP contribution >= 0.6 is 0 Å². The Kier molecular flexibility index (Phi) is 3.17. The molecule has 0 unspecified atom stereocenters. The zero-order valence-electron chi connectivity index (χ0n) is 10.4. The van der Waals surface area contributed by atoms with Crippen LogP contribution in [0.1, 0.15) is 37.7 Å². The Morgan fingerprint density at radius 1 is 1.00 bits per heavy atom. The van der Waals surface area contributed by atoms with E-state index in [1.807, 2.05) is 6.07 Å². The Balaban J connectivity index is 1.44. The summed E-state index contributed by atoms with van der Waals surface area (Å²) in [7, 11) is 0. The molecule has 1 heterocycles. The molecule has 2 nitrogen and oxygen atoms in total. The van der Waals surface area contributed by atoms with Gasteiger partial charge in [0.15, 0.2) is 0 Å². The van der Waals surface area contributed by atoms with Gasteiger partial charge < -0.3 is 0 Å². The third-order valence-corrected chi connectivity index (χ3v) is 4.19. The molecule has 0 radical (unpaired) electrons. The van der Waals surface area contributed by atoms with Crippen LogP contribution in [0.2, 0.25) is 0 Å². The monoisotopic (exact) mass is 231 g/mol. The predicted octanol–water partition coefficient (Wildman–Crippen LogP) is 3.38. The number of nitrogens with zero attached hydrogens (tertiary/aromatic N) is 1. The number of benzene rings is 1. The van der Waals surface area contributed by atoms with Gasteiger partial charge in [-0.25, -0.2) is 0 Å². The molecule has 1 aromatic carbocycles. The molecule has 2 fully saturated rings. The molecule has 1 spiro atoms. The van der Waals surface area contributed by atoms with Gasteiger partial charge in [-0.15, -0.1) is 0 Å². The van der Waals surface area contributed by atoms with Crippen molar-refractivity contribution in [3.63, 3.8) is 0 Å². The van der Waals surface area contributed by atoms with E-state index in [0.29, 0.717) is 5.41 Å². The smallest absolute Gasteiger partial charge is 0.0935 e.